The summed E-state index contributed by atoms with van der Waals surface area (Å²) in [5, 5.41) is 9.78. The SMILES string of the molecule is Cc1cc(=O)oc2cc(OCC(=O)N(CC#N)c3ccccc3)ccc12. The summed E-state index contributed by atoms with van der Waals surface area (Å²) in [6.07, 6.45) is 0. The smallest absolute Gasteiger partial charge is 0.336 e. The molecule has 0 bridgehead atoms. The van der Waals surface area contributed by atoms with E-state index in [2.05, 4.69) is 0 Å². The molecule has 0 N–H and O–H groups in total. The molecular weight excluding hydrogens is 332 g/mol. The Morgan fingerprint density at radius 3 is 2.69 bits per heavy atom. The molecule has 0 aliphatic heterocycles. The van der Waals surface area contributed by atoms with Crippen LogP contribution in [0.4, 0.5) is 5.69 Å². The molecule has 0 saturated carbocycles. The molecule has 0 saturated heterocycles. The van der Waals surface area contributed by atoms with Crippen LogP contribution >= 0.6 is 0 Å². The molecule has 1 heterocycles. The van der Waals surface area contributed by atoms with E-state index in [9.17, 15) is 9.59 Å². The summed E-state index contributed by atoms with van der Waals surface area (Å²) in [6.45, 7) is 1.51. The van der Waals surface area contributed by atoms with E-state index in [1.54, 1.807) is 42.5 Å². The van der Waals surface area contributed by atoms with Crippen molar-refractivity contribution in [2.75, 3.05) is 18.1 Å². The number of benzene rings is 2. The first-order valence-electron chi connectivity index (χ1n) is 7.98. The highest BCUT2D eigenvalue weighted by Crippen LogP contribution is 2.22. The van der Waals surface area contributed by atoms with Gasteiger partial charge in [-0.15, -0.1) is 0 Å². The lowest BCUT2D eigenvalue weighted by Crippen LogP contribution is -2.35. The summed E-state index contributed by atoms with van der Waals surface area (Å²) in [6, 6.07) is 17.4. The van der Waals surface area contributed by atoms with Crippen LogP contribution in [0.2, 0.25) is 0 Å². The van der Waals surface area contributed by atoms with Crippen LogP contribution in [0.15, 0.2) is 63.8 Å². The van der Waals surface area contributed by atoms with Crippen molar-refractivity contribution in [2.45, 2.75) is 6.92 Å². The molecule has 0 spiro atoms. The number of hydrogen-bond acceptors (Lipinski definition) is 5. The van der Waals surface area contributed by atoms with Crippen molar-refractivity contribution in [3.8, 4) is 11.8 Å². The molecule has 0 radical (unpaired) electrons. The first-order chi connectivity index (χ1) is 12.6. The van der Waals surface area contributed by atoms with Gasteiger partial charge in [0.25, 0.3) is 5.91 Å². The van der Waals surface area contributed by atoms with Gasteiger partial charge in [0.15, 0.2) is 6.61 Å². The summed E-state index contributed by atoms with van der Waals surface area (Å²) >= 11 is 0. The van der Waals surface area contributed by atoms with Crippen molar-refractivity contribution in [1.82, 2.24) is 0 Å². The zero-order valence-electron chi connectivity index (χ0n) is 14.1. The van der Waals surface area contributed by atoms with Gasteiger partial charge in [-0.1, -0.05) is 18.2 Å². The molecule has 1 aromatic heterocycles. The third-order valence-corrected chi connectivity index (χ3v) is 3.88. The molecule has 2 aromatic carbocycles. The van der Waals surface area contributed by atoms with Crippen molar-refractivity contribution in [1.29, 1.82) is 5.26 Å². The molecule has 6 nitrogen and oxygen atoms in total. The fraction of sp³-hybridized carbons (Fsp3) is 0.150. The summed E-state index contributed by atoms with van der Waals surface area (Å²) in [4.78, 5) is 25.3. The second-order valence-corrected chi connectivity index (χ2v) is 5.67. The minimum atomic E-state index is -0.438. The van der Waals surface area contributed by atoms with E-state index in [0.29, 0.717) is 17.0 Å². The number of ether oxygens (including phenoxy) is 1. The second-order valence-electron chi connectivity index (χ2n) is 5.67. The number of aryl methyl sites for hydroxylation is 1. The van der Waals surface area contributed by atoms with Crippen molar-refractivity contribution >= 4 is 22.6 Å². The Kier molecular flexibility index (Phi) is 4.99. The van der Waals surface area contributed by atoms with Gasteiger partial charge in [-0.25, -0.2) is 4.79 Å². The average molecular weight is 348 g/mol. The van der Waals surface area contributed by atoms with Crippen LogP contribution in [0.5, 0.6) is 5.75 Å². The molecule has 6 heteroatoms. The highest BCUT2D eigenvalue weighted by atomic mass is 16.5. The summed E-state index contributed by atoms with van der Waals surface area (Å²) in [5.74, 6) is 0.0631. The standard InChI is InChI=1S/C20H16N2O4/c1-14-11-20(24)26-18-12-16(7-8-17(14)18)25-13-19(23)22(10-9-21)15-5-3-2-4-6-15/h2-8,11-12H,10,13H2,1H3. The molecule has 0 fully saturated rings. The number of rotatable bonds is 5. The van der Waals surface area contributed by atoms with Crippen LogP contribution in [0.25, 0.3) is 11.0 Å². The zero-order valence-corrected chi connectivity index (χ0v) is 14.1. The molecule has 0 atom stereocenters. The first-order valence-corrected chi connectivity index (χ1v) is 7.98. The lowest BCUT2D eigenvalue weighted by molar-refractivity contribution is -0.120. The van der Waals surface area contributed by atoms with Crippen LogP contribution in [-0.2, 0) is 4.79 Å². The van der Waals surface area contributed by atoms with Crippen LogP contribution in [-0.4, -0.2) is 19.1 Å². The van der Waals surface area contributed by atoms with Gasteiger partial charge in [0.1, 0.15) is 17.9 Å². The monoisotopic (exact) mass is 348 g/mol. The van der Waals surface area contributed by atoms with Crippen LogP contribution in [0, 0.1) is 18.3 Å². The van der Waals surface area contributed by atoms with E-state index in [1.807, 2.05) is 19.1 Å². The minimum absolute atomic E-state index is 0.0714. The van der Waals surface area contributed by atoms with Crippen molar-refractivity contribution in [3.63, 3.8) is 0 Å². The van der Waals surface area contributed by atoms with Crippen molar-refractivity contribution in [3.05, 3.63) is 70.6 Å². The van der Waals surface area contributed by atoms with E-state index in [-0.39, 0.29) is 19.1 Å². The molecule has 130 valence electrons. The van der Waals surface area contributed by atoms with Gasteiger partial charge in [-0.2, -0.15) is 5.26 Å². The lowest BCUT2D eigenvalue weighted by atomic mass is 10.1. The van der Waals surface area contributed by atoms with Crippen LogP contribution in [0.3, 0.4) is 0 Å². The van der Waals surface area contributed by atoms with Gasteiger partial charge in [0.2, 0.25) is 0 Å². The fourth-order valence-electron chi connectivity index (χ4n) is 2.62. The van der Waals surface area contributed by atoms with Crippen molar-refractivity contribution < 1.29 is 13.9 Å². The zero-order chi connectivity index (χ0) is 18.5. The Bertz CT molecular complexity index is 1040. The third-order valence-electron chi connectivity index (χ3n) is 3.88. The lowest BCUT2D eigenvalue weighted by Gasteiger charge is -2.19. The Morgan fingerprint density at radius 2 is 1.96 bits per heavy atom. The van der Waals surface area contributed by atoms with Gasteiger partial charge < -0.3 is 9.15 Å². The molecule has 0 aliphatic carbocycles. The number of carbonyl (C=O) groups is 1. The summed E-state index contributed by atoms with van der Waals surface area (Å²) < 4.78 is 10.7. The molecule has 3 aromatic rings. The number of nitrogens with zero attached hydrogens (tertiary/aromatic N) is 2. The predicted octanol–water partition coefficient (Wildman–Crippen LogP) is 3.04. The average Bonchev–Trinajstić information content (AvgIpc) is 2.64. The van der Waals surface area contributed by atoms with E-state index < -0.39 is 5.63 Å². The number of carbonyl (C=O) groups excluding carboxylic acids is 1. The Labute approximate surface area is 149 Å². The number of fused-ring (bicyclic) bond motifs is 1. The molecule has 0 unspecified atom stereocenters. The fourth-order valence-corrected chi connectivity index (χ4v) is 2.62. The number of anilines is 1. The van der Waals surface area contributed by atoms with E-state index in [1.165, 1.54) is 11.0 Å². The topological polar surface area (TPSA) is 83.5 Å². The largest absolute Gasteiger partial charge is 0.484 e. The maximum Gasteiger partial charge on any atom is 0.336 e. The Balaban J connectivity index is 1.77. The van der Waals surface area contributed by atoms with Gasteiger partial charge in [0, 0.05) is 23.2 Å². The minimum Gasteiger partial charge on any atom is -0.484 e. The van der Waals surface area contributed by atoms with Crippen LogP contribution in [0.1, 0.15) is 5.56 Å². The number of hydrogen-bond donors (Lipinski definition) is 0. The number of nitriles is 1. The van der Waals surface area contributed by atoms with Gasteiger partial charge >= 0.3 is 5.63 Å². The summed E-state index contributed by atoms with van der Waals surface area (Å²) in [5.41, 5.74) is 1.40. The molecule has 3 rings (SSSR count). The van der Waals surface area contributed by atoms with E-state index >= 15 is 0 Å². The van der Waals surface area contributed by atoms with Gasteiger partial charge in [-0.3, -0.25) is 9.69 Å². The van der Waals surface area contributed by atoms with Gasteiger partial charge in [0.05, 0.1) is 6.07 Å². The van der Waals surface area contributed by atoms with Crippen LogP contribution < -0.4 is 15.3 Å². The maximum absolute atomic E-state index is 12.5. The molecular formula is C20H16N2O4. The molecule has 1 amide bonds. The maximum atomic E-state index is 12.5. The van der Waals surface area contributed by atoms with E-state index in [4.69, 9.17) is 14.4 Å². The first kappa shape index (κ1) is 17.2. The summed E-state index contributed by atoms with van der Waals surface area (Å²) in [7, 11) is 0. The van der Waals surface area contributed by atoms with E-state index in [0.717, 1.165) is 10.9 Å². The third kappa shape index (κ3) is 3.73. The molecule has 26 heavy (non-hydrogen) atoms. The van der Waals surface area contributed by atoms with Gasteiger partial charge in [-0.05, 0) is 36.8 Å². The predicted molar refractivity (Wildman–Crippen MR) is 97.1 cm³/mol. The van der Waals surface area contributed by atoms with Crippen molar-refractivity contribution in [2.24, 2.45) is 0 Å². The highest BCUT2D eigenvalue weighted by molar-refractivity contribution is 5.94. The normalized spacial score (nSPS) is 10.3. The molecule has 0 aliphatic rings. The second kappa shape index (κ2) is 7.53. The number of amides is 1. The number of para-hydroxylation sites is 1. The highest BCUT2D eigenvalue weighted by Gasteiger charge is 2.16. The quantitative estimate of drug-likeness (QED) is 0.523. The Hall–Kier alpha value is -3.59. The Morgan fingerprint density at radius 1 is 1.19 bits per heavy atom.